The van der Waals surface area contributed by atoms with Crippen molar-refractivity contribution < 1.29 is 9.90 Å². The predicted octanol–water partition coefficient (Wildman–Crippen LogP) is 1.77. The summed E-state index contributed by atoms with van der Waals surface area (Å²) in [5.74, 6) is 0.453. The van der Waals surface area contributed by atoms with Gasteiger partial charge in [0.1, 0.15) is 0 Å². The Labute approximate surface area is 122 Å². The highest BCUT2D eigenvalue weighted by atomic mass is 16.3. The molecule has 2 rings (SSSR count). The minimum absolute atomic E-state index is 0.0369. The molecule has 1 aliphatic heterocycles. The maximum Gasteiger partial charge on any atom is 0.225 e. The summed E-state index contributed by atoms with van der Waals surface area (Å²) >= 11 is 0. The Morgan fingerprint density at radius 3 is 2.35 bits per heavy atom. The van der Waals surface area contributed by atoms with Crippen molar-refractivity contribution in [2.45, 2.75) is 71.1 Å². The zero-order chi connectivity index (χ0) is 14.7. The maximum atomic E-state index is 12.3. The predicted molar refractivity (Wildman–Crippen MR) is 80.4 cm³/mol. The Morgan fingerprint density at radius 1 is 1.15 bits per heavy atom. The van der Waals surface area contributed by atoms with Gasteiger partial charge in [-0.3, -0.25) is 4.79 Å². The number of nitrogens with zero attached hydrogens (tertiary/aromatic N) is 1. The van der Waals surface area contributed by atoms with Crippen molar-refractivity contribution in [3.05, 3.63) is 0 Å². The van der Waals surface area contributed by atoms with Crippen LogP contribution in [0.3, 0.4) is 0 Å². The molecule has 1 heterocycles. The van der Waals surface area contributed by atoms with E-state index in [1.54, 1.807) is 0 Å². The molecular weight excluding hydrogens is 252 g/mol. The van der Waals surface area contributed by atoms with Crippen LogP contribution in [0.1, 0.15) is 52.9 Å². The summed E-state index contributed by atoms with van der Waals surface area (Å²) in [7, 11) is 0. The molecule has 2 aliphatic rings. The Bertz CT molecular complexity index is 322. The lowest BCUT2D eigenvalue weighted by Crippen LogP contribution is -2.55. The zero-order valence-corrected chi connectivity index (χ0v) is 13.1. The summed E-state index contributed by atoms with van der Waals surface area (Å²) in [5.41, 5.74) is 0. The lowest BCUT2D eigenvalue weighted by molar-refractivity contribution is -0.137. The summed E-state index contributed by atoms with van der Waals surface area (Å²) in [6.07, 6.45) is 5.79. The first kappa shape index (κ1) is 15.8. The second-order valence-corrected chi connectivity index (χ2v) is 6.98. The molecule has 4 nitrogen and oxygen atoms in total. The van der Waals surface area contributed by atoms with Gasteiger partial charge in [0.05, 0.1) is 6.10 Å². The number of hydrogen-bond donors (Lipinski definition) is 2. The van der Waals surface area contributed by atoms with Gasteiger partial charge >= 0.3 is 0 Å². The van der Waals surface area contributed by atoms with Crippen LogP contribution in [0.15, 0.2) is 0 Å². The Hall–Kier alpha value is -0.610. The average molecular weight is 282 g/mol. The van der Waals surface area contributed by atoms with Crippen molar-refractivity contribution >= 4 is 5.91 Å². The van der Waals surface area contributed by atoms with Crippen LogP contribution in [0.2, 0.25) is 0 Å². The lowest BCUT2D eigenvalue weighted by atomic mass is 9.89. The highest BCUT2D eigenvalue weighted by Gasteiger charge is 2.34. The van der Waals surface area contributed by atoms with Crippen LogP contribution in [-0.4, -0.2) is 47.2 Å². The third kappa shape index (κ3) is 3.95. The largest absolute Gasteiger partial charge is 0.393 e. The number of aliphatic hydroxyl groups is 1. The van der Waals surface area contributed by atoms with Crippen LogP contribution >= 0.6 is 0 Å². The highest BCUT2D eigenvalue weighted by molar-refractivity contribution is 5.78. The Balaban J connectivity index is 1.98. The molecule has 0 aromatic rings. The standard InChI is InChI=1S/C16H30N2O2/c1-11(2)16(20)18-9-13(12(3)19)8-15(10-18)17-14-6-4-5-7-14/h11-15,17,19H,4-10H2,1-3H3. The van der Waals surface area contributed by atoms with Crippen LogP contribution in [0.25, 0.3) is 0 Å². The molecule has 1 aliphatic carbocycles. The lowest BCUT2D eigenvalue weighted by Gasteiger charge is -2.41. The molecular formula is C16H30N2O2. The molecule has 3 unspecified atom stereocenters. The van der Waals surface area contributed by atoms with Gasteiger partial charge in [0.15, 0.2) is 0 Å². The van der Waals surface area contributed by atoms with Gasteiger partial charge in [0.25, 0.3) is 0 Å². The van der Waals surface area contributed by atoms with E-state index in [1.807, 2.05) is 25.7 Å². The average Bonchev–Trinajstić information content (AvgIpc) is 2.90. The fourth-order valence-electron chi connectivity index (χ4n) is 3.58. The Kier molecular flexibility index (Phi) is 5.44. The quantitative estimate of drug-likeness (QED) is 0.826. The van der Waals surface area contributed by atoms with E-state index in [2.05, 4.69) is 5.32 Å². The van der Waals surface area contributed by atoms with Crippen LogP contribution < -0.4 is 5.32 Å². The first-order chi connectivity index (χ1) is 9.47. The van der Waals surface area contributed by atoms with Gasteiger partial charge in [-0.1, -0.05) is 26.7 Å². The molecule has 1 saturated heterocycles. The van der Waals surface area contributed by atoms with E-state index >= 15 is 0 Å². The second kappa shape index (κ2) is 6.90. The number of nitrogens with one attached hydrogen (secondary N) is 1. The molecule has 2 N–H and O–H groups in total. The van der Waals surface area contributed by atoms with Gasteiger partial charge in [-0.2, -0.15) is 0 Å². The van der Waals surface area contributed by atoms with Crippen LogP contribution in [0.4, 0.5) is 0 Å². The van der Waals surface area contributed by atoms with Crippen molar-refractivity contribution in [2.75, 3.05) is 13.1 Å². The number of aliphatic hydroxyl groups excluding tert-OH is 1. The van der Waals surface area contributed by atoms with E-state index in [-0.39, 0.29) is 23.8 Å². The molecule has 1 saturated carbocycles. The molecule has 20 heavy (non-hydrogen) atoms. The minimum atomic E-state index is -0.342. The van der Waals surface area contributed by atoms with Crippen molar-refractivity contribution in [1.82, 2.24) is 10.2 Å². The molecule has 116 valence electrons. The van der Waals surface area contributed by atoms with E-state index < -0.39 is 0 Å². The van der Waals surface area contributed by atoms with E-state index in [9.17, 15) is 9.90 Å². The van der Waals surface area contributed by atoms with Gasteiger partial charge in [-0.25, -0.2) is 0 Å². The van der Waals surface area contributed by atoms with E-state index in [0.29, 0.717) is 18.6 Å². The van der Waals surface area contributed by atoms with Crippen molar-refractivity contribution in [1.29, 1.82) is 0 Å². The molecule has 3 atom stereocenters. The summed E-state index contributed by atoms with van der Waals surface area (Å²) < 4.78 is 0. The first-order valence-electron chi connectivity index (χ1n) is 8.20. The second-order valence-electron chi connectivity index (χ2n) is 6.98. The zero-order valence-electron chi connectivity index (χ0n) is 13.1. The molecule has 0 aromatic heterocycles. The molecule has 0 spiro atoms. The van der Waals surface area contributed by atoms with Gasteiger partial charge in [0.2, 0.25) is 5.91 Å². The highest BCUT2D eigenvalue weighted by Crippen LogP contribution is 2.24. The topological polar surface area (TPSA) is 52.6 Å². The summed E-state index contributed by atoms with van der Waals surface area (Å²) in [6, 6.07) is 0.956. The number of amides is 1. The number of hydrogen-bond acceptors (Lipinski definition) is 3. The van der Waals surface area contributed by atoms with Gasteiger partial charge < -0.3 is 15.3 Å². The third-order valence-corrected chi connectivity index (χ3v) is 4.80. The number of piperidine rings is 1. The van der Waals surface area contributed by atoms with Crippen LogP contribution in [0.5, 0.6) is 0 Å². The molecule has 4 heteroatoms. The van der Waals surface area contributed by atoms with E-state index in [4.69, 9.17) is 0 Å². The van der Waals surface area contributed by atoms with Crippen molar-refractivity contribution in [3.8, 4) is 0 Å². The SMILES string of the molecule is CC(C)C(=O)N1CC(NC2CCCC2)CC(C(C)O)C1. The van der Waals surface area contributed by atoms with Gasteiger partial charge in [-0.05, 0) is 26.2 Å². The van der Waals surface area contributed by atoms with Gasteiger partial charge in [-0.15, -0.1) is 0 Å². The van der Waals surface area contributed by atoms with E-state index in [0.717, 1.165) is 13.0 Å². The molecule has 0 radical (unpaired) electrons. The summed E-state index contributed by atoms with van der Waals surface area (Å²) in [5, 5.41) is 13.6. The number of rotatable bonds is 4. The normalized spacial score (nSPS) is 29.9. The molecule has 1 amide bonds. The monoisotopic (exact) mass is 282 g/mol. The number of likely N-dealkylation sites (tertiary alicyclic amines) is 1. The smallest absolute Gasteiger partial charge is 0.225 e. The Morgan fingerprint density at radius 2 is 1.80 bits per heavy atom. The maximum absolute atomic E-state index is 12.3. The molecule has 2 fully saturated rings. The third-order valence-electron chi connectivity index (χ3n) is 4.80. The van der Waals surface area contributed by atoms with Crippen molar-refractivity contribution in [3.63, 3.8) is 0 Å². The molecule has 0 aromatic carbocycles. The summed E-state index contributed by atoms with van der Waals surface area (Å²) in [6.45, 7) is 7.26. The number of carbonyl (C=O) groups is 1. The minimum Gasteiger partial charge on any atom is -0.393 e. The number of carbonyl (C=O) groups excluding carboxylic acids is 1. The van der Waals surface area contributed by atoms with Crippen LogP contribution in [-0.2, 0) is 4.79 Å². The van der Waals surface area contributed by atoms with Gasteiger partial charge in [0, 0.05) is 37.0 Å². The summed E-state index contributed by atoms with van der Waals surface area (Å²) in [4.78, 5) is 14.2. The van der Waals surface area contributed by atoms with Crippen molar-refractivity contribution in [2.24, 2.45) is 11.8 Å². The molecule has 0 bridgehead atoms. The van der Waals surface area contributed by atoms with Crippen LogP contribution in [0, 0.1) is 11.8 Å². The fraction of sp³-hybridized carbons (Fsp3) is 0.938. The first-order valence-corrected chi connectivity index (χ1v) is 8.20. The fourth-order valence-corrected chi connectivity index (χ4v) is 3.58. The van der Waals surface area contributed by atoms with E-state index in [1.165, 1.54) is 25.7 Å².